The van der Waals surface area contributed by atoms with E-state index in [0.29, 0.717) is 5.56 Å². The molecule has 1 heterocycles. The number of aromatic nitrogens is 1. The molecule has 2 aromatic rings. The molecule has 3 nitrogen and oxygen atoms in total. The Morgan fingerprint density at radius 1 is 1.37 bits per heavy atom. The van der Waals surface area contributed by atoms with E-state index < -0.39 is 0 Å². The van der Waals surface area contributed by atoms with Crippen LogP contribution in [0.3, 0.4) is 0 Å². The molecule has 0 spiro atoms. The van der Waals surface area contributed by atoms with Gasteiger partial charge < -0.3 is 10.3 Å². The zero-order valence-electron chi connectivity index (χ0n) is 11.1. The Morgan fingerprint density at radius 3 is 3.00 bits per heavy atom. The zero-order chi connectivity index (χ0) is 13.4. The summed E-state index contributed by atoms with van der Waals surface area (Å²) in [6.45, 7) is 2.08. The van der Waals surface area contributed by atoms with E-state index in [1.807, 2.05) is 18.2 Å². The summed E-state index contributed by atoms with van der Waals surface area (Å²) in [6.07, 6.45) is 5.34. The van der Waals surface area contributed by atoms with Gasteiger partial charge in [-0.3, -0.25) is 0 Å². The Hall–Kier alpha value is -2.05. The molecule has 1 unspecified atom stereocenters. The molecule has 0 saturated heterocycles. The lowest BCUT2D eigenvalue weighted by atomic mass is 9.93. The van der Waals surface area contributed by atoms with Crippen molar-refractivity contribution in [3.05, 3.63) is 52.8 Å². The lowest BCUT2D eigenvalue weighted by molar-refractivity contribution is 0.560. The number of nitriles is 1. The fraction of sp³-hybridized carbons (Fsp3) is 0.312. The second kappa shape index (κ2) is 4.56. The minimum atomic E-state index is 0.157. The Morgan fingerprint density at radius 2 is 2.21 bits per heavy atom. The van der Waals surface area contributed by atoms with Crippen molar-refractivity contribution in [1.29, 1.82) is 5.26 Å². The van der Waals surface area contributed by atoms with Crippen molar-refractivity contribution < 1.29 is 0 Å². The van der Waals surface area contributed by atoms with Crippen molar-refractivity contribution in [2.75, 3.05) is 0 Å². The zero-order valence-corrected chi connectivity index (χ0v) is 11.1. The number of nitrogens with two attached hydrogens (primary N) is 1. The molecule has 0 saturated carbocycles. The maximum Gasteiger partial charge on any atom is 0.0992 e. The molecule has 3 heteroatoms. The molecule has 1 aromatic carbocycles. The molecule has 3 rings (SSSR count). The predicted octanol–water partition coefficient (Wildman–Crippen LogP) is 2.99. The van der Waals surface area contributed by atoms with Crippen LogP contribution in [0, 0.1) is 18.3 Å². The maximum absolute atomic E-state index is 9.05. The number of hydrogen-bond donors (Lipinski definition) is 1. The summed E-state index contributed by atoms with van der Waals surface area (Å²) in [4.78, 5) is 0. The van der Waals surface area contributed by atoms with Gasteiger partial charge >= 0.3 is 0 Å². The first-order valence-corrected chi connectivity index (χ1v) is 6.67. The van der Waals surface area contributed by atoms with E-state index in [9.17, 15) is 0 Å². The molecule has 0 radical (unpaired) electrons. The first-order chi connectivity index (χ1) is 9.20. The molecule has 0 fully saturated rings. The van der Waals surface area contributed by atoms with E-state index in [1.165, 1.54) is 16.8 Å². The number of benzene rings is 1. The summed E-state index contributed by atoms with van der Waals surface area (Å²) >= 11 is 0. The Kier molecular flexibility index (Phi) is 2.88. The van der Waals surface area contributed by atoms with Crippen molar-refractivity contribution in [3.8, 4) is 11.8 Å². The molecular formula is C16H17N3. The summed E-state index contributed by atoms with van der Waals surface area (Å²) in [5.41, 5.74) is 11.7. The fourth-order valence-electron chi connectivity index (χ4n) is 2.89. The van der Waals surface area contributed by atoms with Crippen LogP contribution >= 0.6 is 0 Å². The minimum Gasteiger partial charge on any atom is -0.324 e. The first-order valence-electron chi connectivity index (χ1n) is 6.67. The molecular weight excluding hydrogens is 234 g/mol. The number of aryl methyl sites for hydroxylation is 1. The van der Waals surface area contributed by atoms with Crippen LogP contribution in [0.5, 0.6) is 0 Å². The molecule has 1 aliphatic rings. The van der Waals surface area contributed by atoms with Gasteiger partial charge in [-0.15, -0.1) is 0 Å². The van der Waals surface area contributed by atoms with Gasteiger partial charge in [0, 0.05) is 23.6 Å². The molecule has 1 aromatic heterocycles. The van der Waals surface area contributed by atoms with E-state index in [4.69, 9.17) is 11.0 Å². The highest BCUT2D eigenvalue weighted by atomic mass is 15.0. The van der Waals surface area contributed by atoms with E-state index >= 15 is 0 Å². The molecule has 0 amide bonds. The second-order valence-electron chi connectivity index (χ2n) is 5.20. The van der Waals surface area contributed by atoms with Crippen LogP contribution in [0.2, 0.25) is 0 Å². The topological polar surface area (TPSA) is 54.7 Å². The van der Waals surface area contributed by atoms with E-state index in [0.717, 1.165) is 24.9 Å². The first kappa shape index (κ1) is 12.0. The molecule has 96 valence electrons. The molecule has 1 atom stereocenters. The normalized spacial score (nSPS) is 17.8. The van der Waals surface area contributed by atoms with Gasteiger partial charge in [-0.25, -0.2) is 0 Å². The Bertz CT molecular complexity index is 661. The van der Waals surface area contributed by atoms with Gasteiger partial charge in [-0.2, -0.15) is 5.26 Å². The molecule has 2 N–H and O–H groups in total. The van der Waals surface area contributed by atoms with Crippen molar-refractivity contribution in [2.45, 2.75) is 32.2 Å². The van der Waals surface area contributed by atoms with Gasteiger partial charge in [0.2, 0.25) is 0 Å². The summed E-state index contributed by atoms with van der Waals surface area (Å²) in [6, 6.07) is 10.3. The summed E-state index contributed by atoms with van der Waals surface area (Å²) < 4.78 is 2.20. The van der Waals surface area contributed by atoms with Crippen molar-refractivity contribution in [3.63, 3.8) is 0 Å². The minimum absolute atomic E-state index is 0.157. The van der Waals surface area contributed by atoms with Gasteiger partial charge in [0.15, 0.2) is 0 Å². The number of fused-ring (bicyclic) bond motifs is 1. The Labute approximate surface area is 113 Å². The average molecular weight is 251 g/mol. The molecule has 0 bridgehead atoms. The van der Waals surface area contributed by atoms with Crippen molar-refractivity contribution in [2.24, 2.45) is 5.73 Å². The lowest BCUT2D eigenvalue weighted by Crippen LogP contribution is -2.18. The van der Waals surface area contributed by atoms with Crippen LogP contribution in [0.4, 0.5) is 0 Å². The standard InChI is InChI=1S/C16H17N3/c1-11-5-6-12(10-17)9-16(11)19-8-7-13-14(18)3-2-4-15(13)19/h5-9,14H,2-4,18H2,1H3. The van der Waals surface area contributed by atoms with Gasteiger partial charge in [0.1, 0.15) is 0 Å². The number of hydrogen-bond acceptors (Lipinski definition) is 2. The summed E-state index contributed by atoms with van der Waals surface area (Å²) in [7, 11) is 0. The van der Waals surface area contributed by atoms with Crippen LogP contribution < -0.4 is 5.73 Å². The Balaban J connectivity index is 2.16. The van der Waals surface area contributed by atoms with Crippen LogP contribution in [-0.4, -0.2) is 4.57 Å². The fourth-order valence-corrected chi connectivity index (χ4v) is 2.89. The number of nitrogens with zero attached hydrogens (tertiary/aromatic N) is 2. The summed E-state index contributed by atoms with van der Waals surface area (Å²) in [5.74, 6) is 0. The summed E-state index contributed by atoms with van der Waals surface area (Å²) in [5, 5.41) is 9.05. The van der Waals surface area contributed by atoms with Crippen molar-refractivity contribution >= 4 is 0 Å². The largest absolute Gasteiger partial charge is 0.324 e. The van der Waals surface area contributed by atoms with Crippen LogP contribution in [0.25, 0.3) is 5.69 Å². The van der Waals surface area contributed by atoms with Gasteiger partial charge in [-0.1, -0.05) is 6.07 Å². The monoisotopic (exact) mass is 251 g/mol. The predicted molar refractivity (Wildman–Crippen MR) is 75.1 cm³/mol. The van der Waals surface area contributed by atoms with Crippen LogP contribution in [-0.2, 0) is 6.42 Å². The van der Waals surface area contributed by atoms with E-state index in [2.05, 4.69) is 29.8 Å². The maximum atomic E-state index is 9.05. The highest BCUT2D eigenvalue weighted by Gasteiger charge is 2.21. The second-order valence-corrected chi connectivity index (χ2v) is 5.20. The molecule has 1 aliphatic carbocycles. The average Bonchev–Trinajstić information content (AvgIpc) is 2.85. The van der Waals surface area contributed by atoms with Gasteiger partial charge in [0.05, 0.1) is 11.6 Å². The van der Waals surface area contributed by atoms with Crippen LogP contribution in [0.1, 0.15) is 41.3 Å². The SMILES string of the molecule is Cc1ccc(C#N)cc1-n1ccc2c1CCCC2N. The lowest BCUT2D eigenvalue weighted by Gasteiger charge is -2.21. The highest BCUT2D eigenvalue weighted by molar-refractivity contribution is 5.50. The smallest absolute Gasteiger partial charge is 0.0992 e. The highest BCUT2D eigenvalue weighted by Crippen LogP contribution is 2.31. The molecule has 0 aliphatic heterocycles. The van der Waals surface area contributed by atoms with E-state index in [-0.39, 0.29) is 6.04 Å². The van der Waals surface area contributed by atoms with Crippen LogP contribution in [0.15, 0.2) is 30.5 Å². The third-order valence-corrected chi connectivity index (χ3v) is 3.95. The van der Waals surface area contributed by atoms with E-state index in [1.54, 1.807) is 0 Å². The third kappa shape index (κ3) is 1.94. The molecule has 19 heavy (non-hydrogen) atoms. The van der Waals surface area contributed by atoms with Gasteiger partial charge in [0.25, 0.3) is 0 Å². The number of rotatable bonds is 1. The third-order valence-electron chi connectivity index (χ3n) is 3.95. The quantitative estimate of drug-likeness (QED) is 0.847. The van der Waals surface area contributed by atoms with Gasteiger partial charge in [-0.05, 0) is 55.5 Å². The van der Waals surface area contributed by atoms with Crippen molar-refractivity contribution in [1.82, 2.24) is 4.57 Å².